The van der Waals surface area contributed by atoms with Crippen LogP contribution >= 0.6 is 0 Å². The third-order valence-electron chi connectivity index (χ3n) is 7.72. The largest absolute Gasteiger partial charge is 1.00 e. The highest BCUT2D eigenvalue weighted by Crippen LogP contribution is 2.47. The minimum Gasteiger partial charge on any atom is -1.00 e. The molecule has 6 rings (SSSR count). The van der Waals surface area contributed by atoms with Crippen LogP contribution in [0.25, 0.3) is 16.7 Å². The molecule has 2 fully saturated rings. The highest BCUT2D eigenvalue weighted by atomic mass is 35.5. The van der Waals surface area contributed by atoms with Crippen LogP contribution < -0.4 is 17.3 Å². The zero-order chi connectivity index (χ0) is 24.5. The monoisotopic (exact) mass is 530 g/mol. The highest BCUT2D eigenvalue weighted by Gasteiger charge is 2.38. The van der Waals surface area contributed by atoms with Gasteiger partial charge in [0.2, 0.25) is 5.91 Å². The molecule has 2 N–H and O–H groups in total. The van der Waals surface area contributed by atoms with Crippen molar-refractivity contribution in [1.82, 2.24) is 9.80 Å². The lowest BCUT2D eigenvalue weighted by atomic mass is 9.97. The van der Waals surface area contributed by atoms with Gasteiger partial charge in [-0.1, -0.05) is 66.7 Å². The summed E-state index contributed by atoms with van der Waals surface area (Å²) >= 11 is 0. The van der Waals surface area contributed by atoms with Gasteiger partial charge in [0.1, 0.15) is 0 Å². The number of halogens is 1. The Morgan fingerprint density at radius 2 is 1.16 bits per heavy atom. The van der Waals surface area contributed by atoms with Gasteiger partial charge in [0, 0.05) is 44.0 Å². The first-order valence-electron chi connectivity index (χ1n) is 13.0. The fourth-order valence-electron chi connectivity index (χ4n) is 5.84. The number of hydrogen-bond acceptors (Lipinski definition) is 4. The fraction of sp³-hybridized carbons (Fsp3) is 0.290. The molecular weight excluding hydrogens is 498 g/mol. The lowest BCUT2D eigenvalue weighted by molar-refractivity contribution is -0.137. The van der Waals surface area contributed by atoms with Crippen molar-refractivity contribution in [1.29, 1.82) is 0 Å². The molecule has 7 heteroatoms. The summed E-state index contributed by atoms with van der Waals surface area (Å²) in [5.74, 6) is -0.182. The predicted molar refractivity (Wildman–Crippen MR) is 147 cm³/mol. The summed E-state index contributed by atoms with van der Waals surface area (Å²) in [6, 6.07) is 27.0. The Morgan fingerprint density at radius 1 is 0.632 bits per heavy atom. The number of amides is 2. The van der Waals surface area contributed by atoms with E-state index in [4.69, 9.17) is 0 Å². The molecule has 3 aromatic rings. The number of para-hydroxylation sites is 1. The van der Waals surface area contributed by atoms with Crippen molar-refractivity contribution in [3.8, 4) is 11.1 Å². The van der Waals surface area contributed by atoms with Crippen molar-refractivity contribution >= 4 is 23.1 Å². The highest BCUT2D eigenvalue weighted by molar-refractivity contribution is 6.21. The van der Waals surface area contributed by atoms with E-state index in [1.54, 1.807) is 0 Å². The maximum Gasteiger partial charge on any atom is 0.257 e. The van der Waals surface area contributed by atoms with E-state index in [2.05, 4.69) is 64.4 Å². The fourth-order valence-corrected chi connectivity index (χ4v) is 5.84. The Morgan fingerprint density at radius 3 is 1.76 bits per heavy atom. The number of piperazine rings is 1. The summed E-state index contributed by atoms with van der Waals surface area (Å²) in [5, 5.41) is 0. The standard InChI is InChI=1S/C31H31N3O2.ClH.H2O/c35-29-22-28(30-26-14-6-4-12-24(26)25-13-5-7-15-27(25)30)31(36)34(29)17-9-8-16-32-18-20-33(21-19-32)23-10-2-1-3-11-23;;/h1-7,10-15H,8-9,16-22H2;1H;1H2/p-1. The van der Waals surface area contributed by atoms with E-state index in [-0.39, 0.29) is 36.1 Å². The Hall–Kier alpha value is -3.45. The average Bonchev–Trinajstić information content (AvgIpc) is 3.40. The summed E-state index contributed by atoms with van der Waals surface area (Å²) < 4.78 is 0. The lowest BCUT2D eigenvalue weighted by Gasteiger charge is -2.36. The first-order chi connectivity index (χ1) is 17.7. The SMILES string of the molecule is O.O=C1CC(=C2c3ccccc3-c3ccccc32)C(=O)N1CCCCN1CCN(c2ccccc2)CC1.[Cl-]. The lowest BCUT2D eigenvalue weighted by Crippen LogP contribution is -3.00. The number of unbranched alkanes of at least 4 members (excludes halogenated alkanes) is 1. The molecule has 0 atom stereocenters. The van der Waals surface area contributed by atoms with E-state index < -0.39 is 0 Å². The number of hydrogen-bond donors (Lipinski definition) is 0. The van der Waals surface area contributed by atoms with Gasteiger partial charge in [0.25, 0.3) is 5.91 Å². The zero-order valence-corrected chi connectivity index (χ0v) is 22.2. The molecule has 3 aromatic carbocycles. The van der Waals surface area contributed by atoms with Gasteiger partial charge in [-0.3, -0.25) is 19.4 Å². The van der Waals surface area contributed by atoms with E-state index in [1.807, 2.05) is 24.3 Å². The molecule has 2 heterocycles. The molecular formula is C31H33ClN3O3-. The molecule has 2 amide bonds. The average molecular weight is 531 g/mol. The van der Waals surface area contributed by atoms with E-state index >= 15 is 0 Å². The van der Waals surface area contributed by atoms with Crippen LogP contribution in [0.15, 0.2) is 84.4 Å². The number of fused-ring (bicyclic) bond motifs is 3. The molecule has 3 aliphatic rings. The van der Waals surface area contributed by atoms with Crippen LogP contribution in [0.5, 0.6) is 0 Å². The summed E-state index contributed by atoms with van der Waals surface area (Å²) in [5.41, 5.74) is 7.29. The summed E-state index contributed by atoms with van der Waals surface area (Å²) in [6.45, 7) is 5.67. The molecule has 6 nitrogen and oxygen atoms in total. The quantitative estimate of drug-likeness (QED) is 0.212. The smallest absolute Gasteiger partial charge is 0.257 e. The van der Waals surface area contributed by atoms with E-state index in [0.29, 0.717) is 12.1 Å². The van der Waals surface area contributed by atoms with Crippen LogP contribution in [0.2, 0.25) is 0 Å². The van der Waals surface area contributed by atoms with Crippen molar-refractivity contribution in [3.63, 3.8) is 0 Å². The molecule has 2 aliphatic heterocycles. The van der Waals surface area contributed by atoms with Crippen LogP contribution in [-0.4, -0.2) is 66.4 Å². The molecule has 0 aromatic heterocycles. The Labute approximate surface area is 230 Å². The van der Waals surface area contributed by atoms with Gasteiger partial charge < -0.3 is 22.8 Å². The van der Waals surface area contributed by atoms with Crippen molar-refractivity contribution in [2.24, 2.45) is 0 Å². The van der Waals surface area contributed by atoms with Crippen LogP contribution in [0, 0.1) is 0 Å². The Bertz CT molecular complexity index is 1290. The van der Waals surface area contributed by atoms with Crippen molar-refractivity contribution in [2.75, 3.05) is 44.2 Å². The van der Waals surface area contributed by atoms with Crippen molar-refractivity contribution in [2.45, 2.75) is 19.3 Å². The second-order valence-corrected chi connectivity index (χ2v) is 9.84. The summed E-state index contributed by atoms with van der Waals surface area (Å²) in [6.07, 6.45) is 2.02. The van der Waals surface area contributed by atoms with Gasteiger partial charge in [0.15, 0.2) is 0 Å². The number of likely N-dealkylation sites (tertiary alicyclic amines) is 1. The summed E-state index contributed by atoms with van der Waals surface area (Å²) in [7, 11) is 0. The molecule has 0 spiro atoms. The third kappa shape index (κ3) is 5.12. The number of nitrogens with zero attached hydrogens (tertiary/aromatic N) is 3. The minimum atomic E-state index is -0.113. The predicted octanol–water partition coefficient (Wildman–Crippen LogP) is 1.01. The molecule has 0 bridgehead atoms. The van der Waals surface area contributed by atoms with E-state index in [0.717, 1.165) is 73.4 Å². The molecule has 0 unspecified atom stereocenters. The van der Waals surface area contributed by atoms with Crippen LogP contribution in [-0.2, 0) is 9.59 Å². The van der Waals surface area contributed by atoms with Crippen LogP contribution in [0.4, 0.5) is 5.69 Å². The van der Waals surface area contributed by atoms with Crippen molar-refractivity contribution < 1.29 is 27.5 Å². The van der Waals surface area contributed by atoms with Crippen molar-refractivity contribution in [3.05, 3.63) is 95.6 Å². The Balaban J connectivity index is 0.00000168. The number of carbonyl (C=O) groups excluding carboxylic acids is 2. The number of benzene rings is 3. The van der Waals surface area contributed by atoms with Gasteiger partial charge in [-0.2, -0.15) is 0 Å². The summed E-state index contributed by atoms with van der Waals surface area (Å²) in [4.78, 5) is 32.7. The maximum absolute atomic E-state index is 13.4. The normalized spacial score (nSPS) is 16.7. The first-order valence-corrected chi connectivity index (χ1v) is 13.0. The van der Waals surface area contributed by atoms with Crippen LogP contribution in [0.3, 0.4) is 0 Å². The zero-order valence-electron chi connectivity index (χ0n) is 21.4. The number of anilines is 1. The third-order valence-corrected chi connectivity index (χ3v) is 7.72. The second kappa shape index (κ2) is 11.9. The number of rotatable bonds is 6. The number of carbonyl (C=O) groups is 2. The van der Waals surface area contributed by atoms with Gasteiger partial charge in [-0.15, -0.1) is 0 Å². The second-order valence-electron chi connectivity index (χ2n) is 9.84. The number of imide groups is 1. The van der Waals surface area contributed by atoms with E-state index in [1.165, 1.54) is 10.6 Å². The van der Waals surface area contributed by atoms with E-state index in [9.17, 15) is 9.59 Å². The molecule has 1 aliphatic carbocycles. The molecule has 0 radical (unpaired) electrons. The van der Waals surface area contributed by atoms with Crippen LogP contribution in [0.1, 0.15) is 30.4 Å². The molecule has 198 valence electrons. The molecule has 0 saturated carbocycles. The van der Waals surface area contributed by atoms with Gasteiger partial charge in [-0.05, 0) is 59.3 Å². The maximum atomic E-state index is 13.4. The minimum absolute atomic E-state index is 0. The first kappa shape index (κ1) is 27.6. The topological polar surface area (TPSA) is 75.4 Å². The van der Waals surface area contributed by atoms with Gasteiger partial charge in [0.05, 0.1) is 6.42 Å². The molecule has 38 heavy (non-hydrogen) atoms. The van der Waals surface area contributed by atoms with Gasteiger partial charge in [-0.25, -0.2) is 0 Å². The Kier molecular flexibility index (Phi) is 8.67. The van der Waals surface area contributed by atoms with Gasteiger partial charge >= 0.3 is 0 Å². The molecule has 2 saturated heterocycles.